The second-order valence-electron chi connectivity index (χ2n) is 8.43. The van der Waals surface area contributed by atoms with Gasteiger partial charge in [-0.2, -0.15) is 10.4 Å². The fourth-order valence-electron chi connectivity index (χ4n) is 2.90. The van der Waals surface area contributed by atoms with Crippen molar-refractivity contribution in [3.63, 3.8) is 0 Å². The summed E-state index contributed by atoms with van der Waals surface area (Å²) in [5.41, 5.74) is 3.55. The first-order valence-electron chi connectivity index (χ1n) is 10.3. The van der Waals surface area contributed by atoms with Gasteiger partial charge in [-0.15, -0.1) is 0 Å². The number of nitriles is 1. The van der Waals surface area contributed by atoms with Crippen LogP contribution in [0.2, 0.25) is 0 Å². The monoisotopic (exact) mass is 425 g/mol. The number of benzene rings is 1. The van der Waals surface area contributed by atoms with Crippen molar-refractivity contribution < 1.29 is 19.0 Å². The zero-order valence-corrected chi connectivity index (χ0v) is 19.4. The Balaban J connectivity index is 2.38. The summed E-state index contributed by atoms with van der Waals surface area (Å²) in [6, 6.07) is 11.8. The molecule has 1 atom stereocenters. The van der Waals surface area contributed by atoms with E-state index in [-0.39, 0.29) is 24.1 Å². The zero-order chi connectivity index (χ0) is 23.2. The molecule has 0 fully saturated rings. The number of ether oxygens (including phenoxy) is 3. The molecule has 0 spiro atoms. The second-order valence-corrected chi connectivity index (χ2v) is 8.43. The third kappa shape index (κ3) is 6.35. The number of rotatable bonds is 7. The minimum Gasteiger partial charge on any atom is -0.454 e. The van der Waals surface area contributed by atoms with E-state index in [1.165, 1.54) is 0 Å². The lowest BCUT2D eigenvalue weighted by molar-refractivity contribution is -0.0206. The number of allylic oxidation sites excluding steroid dienone is 1. The zero-order valence-electron chi connectivity index (χ0n) is 19.4. The van der Waals surface area contributed by atoms with Gasteiger partial charge in [-0.1, -0.05) is 52.0 Å². The van der Waals surface area contributed by atoms with Gasteiger partial charge in [0.2, 0.25) is 6.79 Å². The quantitative estimate of drug-likeness (QED) is 0.257. The summed E-state index contributed by atoms with van der Waals surface area (Å²) in [5, 5.41) is 14.3. The van der Waals surface area contributed by atoms with E-state index in [2.05, 4.69) is 31.9 Å². The minimum absolute atomic E-state index is 0.00262. The molecule has 1 unspecified atom stereocenters. The maximum atomic E-state index is 11.8. The molecule has 2 rings (SSSR count). The maximum Gasteiger partial charge on any atom is 0.511 e. The van der Waals surface area contributed by atoms with Gasteiger partial charge in [-0.25, -0.2) is 4.79 Å². The van der Waals surface area contributed by atoms with Crippen molar-refractivity contribution >= 4 is 17.5 Å². The van der Waals surface area contributed by atoms with Crippen LogP contribution in [0.1, 0.15) is 63.6 Å². The van der Waals surface area contributed by atoms with Gasteiger partial charge in [0, 0.05) is 7.05 Å². The maximum absolute atomic E-state index is 11.8. The van der Waals surface area contributed by atoms with Gasteiger partial charge in [0.25, 0.3) is 0 Å². The molecule has 0 N–H and O–H groups in total. The van der Waals surface area contributed by atoms with Crippen molar-refractivity contribution in [1.29, 1.82) is 5.26 Å². The smallest absolute Gasteiger partial charge is 0.454 e. The molecule has 7 nitrogen and oxygen atoms in total. The van der Waals surface area contributed by atoms with E-state index >= 15 is 0 Å². The first-order valence-corrected chi connectivity index (χ1v) is 10.3. The second kappa shape index (κ2) is 10.2. The third-order valence-electron chi connectivity index (χ3n) is 4.87. The number of nitrogens with zero attached hydrogens (tertiary/aromatic N) is 3. The summed E-state index contributed by atoms with van der Waals surface area (Å²) in [6.07, 6.45) is -0.389. The normalized spacial score (nSPS) is 13.1. The highest BCUT2D eigenvalue weighted by Crippen LogP contribution is 2.30. The standard InChI is InChI=1S/C24H31N3O4/c1-8-17(3)31-23(28)30-15-29-22(21-13-16(2)26-27(21)7)20(14-25)18-9-11-19(12-10-18)24(4,5)6/h9-13,17H,8,15H2,1-7H3/b22-20-. The van der Waals surface area contributed by atoms with Gasteiger partial charge in [-0.3, -0.25) is 4.68 Å². The molecular formula is C24H31N3O4. The number of aromatic nitrogens is 2. The summed E-state index contributed by atoms with van der Waals surface area (Å²) in [5.74, 6) is 0.283. The van der Waals surface area contributed by atoms with Crippen molar-refractivity contribution in [3.8, 4) is 6.07 Å². The lowest BCUT2D eigenvalue weighted by Crippen LogP contribution is -2.17. The van der Waals surface area contributed by atoms with Crippen LogP contribution >= 0.6 is 0 Å². The first-order chi connectivity index (χ1) is 14.6. The summed E-state index contributed by atoms with van der Waals surface area (Å²) in [7, 11) is 1.77. The van der Waals surface area contributed by atoms with Crippen molar-refractivity contribution in [1.82, 2.24) is 9.78 Å². The molecule has 0 saturated carbocycles. The SMILES string of the molecule is CCC(C)OC(=O)OCO/C(=C(/C#N)c1ccc(C(C)(C)C)cc1)c1cc(C)nn1C. The Labute approximate surface area is 184 Å². The predicted molar refractivity (Wildman–Crippen MR) is 119 cm³/mol. The van der Waals surface area contributed by atoms with Gasteiger partial charge < -0.3 is 14.2 Å². The molecule has 0 bridgehead atoms. The summed E-state index contributed by atoms with van der Waals surface area (Å²) < 4.78 is 17.6. The highest BCUT2D eigenvalue weighted by atomic mass is 16.8. The Bertz CT molecular complexity index is 976. The van der Waals surface area contributed by atoms with Crippen LogP contribution in [-0.2, 0) is 26.7 Å². The molecule has 2 aromatic rings. The number of aryl methyl sites for hydroxylation is 2. The van der Waals surface area contributed by atoms with Gasteiger partial charge in [0.15, 0.2) is 5.76 Å². The Hall–Kier alpha value is -3.27. The van der Waals surface area contributed by atoms with E-state index in [0.717, 1.165) is 11.3 Å². The summed E-state index contributed by atoms with van der Waals surface area (Å²) >= 11 is 0. The van der Waals surface area contributed by atoms with Crippen molar-refractivity contribution in [2.24, 2.45) is 7.05 Å². The van der Waals surface area contributed by atoms with Gasteiger partial charge in [-0.05, 0) is 42.9 Å². The van der Waals surface area contributed by atoms with E-state index in [9.17, 15) is 10.1 Å². The number of hydrogen-bond donors (Lipinski definition) is 0. The molecule has 166 valence electrons. The van der Waals surface area contributed by atoms with Crippen molar-refractivity contribution in [2.45, 2.75) is 59.5 Å². The van der Waals surface area contributed by atoms with Crippen LogP contribution in [0.4, 0.5) is 4.79 Å². The molecule has 0 aliphatic heterocycles. The number of carbonyl (C=O) groups excluding carboxylic acids is 1. The van der Waals surface area contributed by atoms with Crippen LogP contribution in [-0.4, -0.2) is 28.8 Å². The largest absolute Gasteiger partial charge is 0.511 e. The topological polar surface area (TPSA) is 86.4 Å². The van der Waals surface area contributed by atoms with Gasteiger partial charge in [0.05, 0.1) is 5.69 Å². The predicted octanol–water partition coefficient (Wildman–Crippen LogP) is 5.34. The van der Waals surface area contributed by atoms with Crippen LogP contribution in [0.25, 0.3) is 11.3 Å². The van der Waals surface area contributed by atoms with Crippen LogP contribution < -0.4 is 0 Å². The fourth-order valence-corrected chi connectivity index (χ4v) is 2.90. The molecule has 0 aliphatic carbocycles. The van der Waals surface area contributed by atoms with E-state index < -0.39 is 6.16 Å². The number of hydrogen-bond acceptors (Lipinski definition) is 6. The Morgan fingerprint density at radius 3 is 2.35 bits per heavy atom. The van der Waals surface area contributed by atoms with Gasteiger partial charge in [0.1, 0.15) is 23.4 Å². The third-order valence-corrected chi connectivity index (χ3v) is 4.87. The molecule has 1 aromatic heterocycles. The lowest BCUT2D eigenvalue weighted by atomic mass is 9.86. The van der Waals surface area contributed by atoms with Crippen LogP contribution in [0.15, 0.2) is 30.3 Å². The summed E-state index contributed by atoms with van der Waals surface area (Å²) in [6.45, 7) is 11.5. The minimum atomic E-state index is -0.817. The Kier molecular flexibility index (Phi) is 7.87. The van der Waals surface area contributed by atoms with Crippen molar-refractivity contribution in [2.75, 3.05) is 6.79 Å². The Morgan fingerprint density at radius 1 is 1.23 bits per heavy atom. The van der Waals surface area contributed by atoms with E-state index in [1.807, 2.05) is 44.2 Å². The molecule has 0 aliphatic rings. The van der Waals surface area contributed by atoms with E-state index in [0.29, 0.717) is 23.3 Å². The van der Waals surface area contributed by atoms with E-state index in [4.69, 9.17) is 14.2 Å². The highest BCUT2D eigenvalue weighted by Gasteiger charge is 2.20. The van der Waals surface area contributed by atoms with Gasteiger partial charge >= 0.3 is 6.16 Å². The van der Waals surface area contributed by atoms with Crippen LogP contribution in [0.5, 0.6) is 0 Å². The lowest BCUT2D eigenvalue weighted by Gasteiger charge is -2.19. The molecule has 7 heteroatoms. The summed E-state index contributed by atoms with van der Waals surface area (Å²) in [4.78, 5) is 11.8. The Morgan fingerprint density at radius 2 is 1.87 bits per heavy atom. The molecular weight excluding hydrogens is 394 g/mol. The van der Waals surface area contributed by atoms with Crippen LogP contribution in [0, 0.1) is 18.3 Å². The highest BCUT2D eigenvalue weighted by molar-refractivity contribution is 5.94. The first kappa shape index (κ1) is 24.0. The molecule has 0 saturated heterocycles. The fraction of sp³-hybridized carbons (Fsp3) is 0.458. The molecule has 0 amide bonds. The molecule has 1 heterocycles. The molecule has 31 heavy (non-hydrogen) atoms. The molecule has 1 aromatic carbocycles. The molecule has 0 radical (unpaired) electrons. The average molecular weight is 426 g/mol. The number of carbonyl (C=O) groups is 1. The van der Waals surface area contributed by atoms with E-state index in [1.54, 1.807) is 18.7 Å². The van der Waals surface area contributed by atoms with Crippen molar-refractivity contribution in [3.05, 3.63) is 52.8 Å². The van der Waals surface area contributed by atoms with Crippen LogP contribution in [0.3, 0.4) is 0 Å². The average Bonchev–Trinajstić information content (AvgIpc) is 3.04.